The molecule has 2 aliphatic rings. The molecule has 4 atom stereocenters. The molecule has 0 aromatic rings. The van der Waals surface area contributed by atoms with E-state index in [1.807, 2.05) is 0 Å². The van der Waals surface area contributed by atoms with Crippen molar-refractivity contribution < 1.29 is 8.42 Å². The van der Waals surface area contributed by atoms with Crippen LogP contribution in [0.15, 0.2) is 11.6 Å². The summed E-state index contributed by atoms with van der Waals surface area (Å²) in [6.07, 6.45) is 12.2. The molecule has 1 saturated heterocycles. The van der Waals surface area contributed by atoms with E-state index in [1.165, 1.54) is 50.4 Å². The fraction of sp³-hybridized carbons (Fsp3) is 0.895. The van der Waals surface area contributed by atoms with Gasteiger partial charge in [0.25, 0.3) is 0 Å². The summed E-state index contributed by atoms with van der Waals surface area (Å²) in [4.78, 5) is 4.97. The Kier molecular flexibility index (Phi) is 7.92. The Labute approximate surface area is 154 Å². The number of hydrogen-bond acceptors (Lipinski definition) is 4. The quantitative estimate of drug-likeness (QED) is 0.352. The van der Waals surface area contributed by atoms with Crippen LogP contribution in [0.2, 0.25) is 0 Å². The lowest BCUT2D eigenvalue weighted by atomic mass is 9.70. The Morgan fingerprint density at radius 1 is 1.12 bits per heavy atom. The van der Waals surface area contributed by atoms with Gasteiger partial charge < -0.3 is 4.90 Å². The number of allylic oxidation sites excluding steroid dienone is 1. The minimum absolute atomic E-state index is 0.124. The Hall–Kier alpha value is -0.430. The van der Waals surface area contributed by atoms with Crippen molar-refractivity contribution in [3.8, 4) is 0 Å². The zero-order valence-electron chi connectivity index (χ0n) is 16.4. The zero-order valence-corrected chi connectivity index (χ0v) is 17.2. The van der Waals surface area contributed by atoms with E-state index < -0.39 is 10.0 Å². The van der Waals surface area contributed by atoms with E-state index in [0.29, 0.717) is 17.8 Å². The maximum atomic E-state index is 11.6. The SMILES string of the molecule is CCCCCC1=C[C@H](CCCC)[C@@H]2CN(C)C[C@@H]2[C@@H]1NNS(C)(=O)=O. The first-order valence-corrected chi connectivity index (χ1v) is 11.9. The van der Waals surface area contributed by atoms with Gasteiger partial charge in [-0.15, -0.1) is 0 Å². The molecule has 0 saturated carbocycles. The molecule has 0 radical (unpaired) electrons. The predicted molar refractivity (Wildman–Crippen MR) is 105 cm³/mol. The van der Waals surface area contributed by atoms with E-state index in [2.05, 4.69) is 42.1 Å². The van der Waals surface area contributed by atoms with Gasteiger partial charge in [-0.3, -0.25) is 0 Å². The van der Waals surface area contributed by atoms with E-state index in [1.54, 1.807) is 0 Å². The van der Waals surface area contributed by atoms with Crippen molar-refractivity contribution in [3.63, 3.8) is 0 Å². The van der Waals surface area contributed by atoms with Crippen LogP contribution in [-0.4, -0.2) is 45.8 Å². The summed E-state index contributed by atoms with van der Waals surface area (Å²) in [7, 11) is -1.06. The Bertz CT molecular complexity index is 547. The van der Waals surface area contributed by atoms with Gasteiger partial charge in [0.05, 0.1) is 6.26 Å². The first-order chi connectivity index (χ1) is 11.9. The Morgan fingerprint density at radius 2 is 1.80 bits per heavy atom. The van der Waals surface area contributed by atoms with Crippen molar-refractivity contribution in [3.05, 3.63) is 11.6 Å². The summed E-state index contributed by atoms with van der Waals surface area (Å²) >= 11 is 0. The van der Waals surface area contributed by atoms with Crippen LogP contribution in [0.4, 0.5) is 0 Å². The second kappa shape index (κ2) is 9.49. The molecule has 146 valence electrons. The van der Waals surface area contributed by atoms with E-state index >= 15 is 0 Å². The second-order valence-corrected chi connectivity index (χ2v) is 9.80. The third kappa shape index (κ3) is 6.05. The molecule has 0 spiro atoms. The molecule has 0 unspecified atom stereocenters. The van der Waals surface area contributed by atoms with Gasteiger partial charge >= 0.3 is 0 Å². The van der Waals surface area contributed by atoms with E-state index in [4.69, 9.17) is 0 Å². The van der Waals surface area contributed by atoms with Crippen LogP contribution < -0.4 is 10.3 Å². The molecule has 2 rings (SSSR count). The fourth-order valence-corrected chi connectivity index (χ4v) is 4.91. The van der Waals surface area contributed by atoms with Crippen molar-refractivity contribution >= 4 is 10.0 Å². The second-order valence-electron chi connectivity index (χ2n) is 8.05. The molecule has 6 heteroatoms. The molecule has 0 aromatic carbocycles. The predicted octanol–water partition coefficient (Wildman–Crippen LogP) is 2.91. The third-order valence-electron chi connectivity index (χ3n) is 5.76. The van der Waals surface area contributed by atoms with Gasteiger partial charge in [0, 0.05) is 19.1 Å². The van der Waals surface area contributed by atoms with Crippen LogP contribution in [0, 0.1) is 17.8 Å². The van der Waals surface area contributed by atoms with Crippen molar-refractivity contribution in [2.75, 3.05) is 26.4 Å². The van der Waals surface area contributed by atoms with Crippen LogP contribution in [0.1, 0.15) is 58.8 Å². The number of sulfonamides is 1. The molecule has 1 aliphatic heterocycles. The van der Waals surface area contributed by atoms with Gasteiger partial charge in [0.2, 0.25) is 10.0 Å². The highest BCUT2D eigenvalue weighted by molar-refractivity contribution is 7.88. The smallest absolute Gasteiger partial charge is 0.221 e. The molecule has 5 nitrogen and oxygen atoms in total. The number of unbranched alkanes of at least 4 members (excludes halogenated alkanes) is 3. The first kappa shape index (κ1) is 20.9. The summed E-state index contributed by atoms with van der Waals surface area (Å²) < 4.78 is 23.2. The maximum absolute atomic E-state index is 11.6. The molecular weight excluding hydrogens is 334 g/mol. The third-order valence-corrected chi connectivity index (χ3v) is 6.25. The highest BCUT2D eigenvalue weighted by Crippen LogP contribution is 2.42. The normalized spacial score (nSPS) is 30.3. The topological polar surface area (TPSA) is 61.4 Å². The van der Waals surface area contributed by atoms with Gasteiger partial charge in [0.1, 0.15) is 0 Å². The molecule has 1 heterocycles. The van der Waals surface area contributed by atoms with Crippen molar-refractivity contribution in [1.82, 2.24) is 15.2 Å². The molecule has 0 bridgehead atoms. The Morgan fingerprint density at radius 3 is 2.44 bits per heavy atom. The van der Waals surface area contributed by atoms with Gasteiger partial charge in [0.15, 0.2) is 0 Å². The summed E-state index contributed by atoms with van der Waals surface area (Å²) in [6, 6.07) is 0.124. The number of hydrogen-bond donors (Lipinski definition) is 2. The lowest BCUT2D eigenvalue weighted by molar-refractivity contribution is 0.233. The van der Waals surface area contributed by atoms with Crippen LogP contribution in [0.3, 0.4) is 0 Å². The summed E-state index contributed by atoms with van der Waals surface area (Å²) in [5.74, 6) is 1.76. The van der Waals surface area contributed by atoms with E-state index in [9.17, 15) is 8.42 Å². The molecule has 0 aromatic heterocycles. The van der Waals surface area contributed by atoms with Gasteiger partial charge in [-0.25, -0.2) is 13.8 Å². The van der Waals surface area contributed by atoms with Crippen LogP contribution in [-0.2, 0) is 10.0 Å². The largest absolute Gasteiger partial charge is 0.306 e. The van der Waals surface area contributed by atoms with E-state index in [0.717, 1.165) is 19.5 Å². The van der Waals surface area contributed by atoms with Crippen molar-refractivity contribution in [1.29, 1.82) is 0 Å². The van der Waals surface area contributed by atoms with Crippen molar-refractivity contribution in [2.24, 2.45) is 17.8 Å². The number of fused-ring (bicyclic) bond motifs is 1. The lowest BCUT2D eigenvalue weighted by Gasteiger charge is -2.39. The molecule has 0 amide bonds. The lowest BCUT2D eigenvalue weighted by Crippen LogP contribution is -2.52. The highest BCUT2D eigenvalue weighted by Gasteiger charge is 2.44. The number of rotatable bonds is 10. The van der Waals surface area contributed by atoms with Crippen LogP contribution in [0.25, 0.3) is 0 Å². The maximum Gasteiger partial charge on any atom is 0.221 e. The fourth-order valence-electron chi connectivity index (χ4n) is 4.57. The highest BCUT2D eigenvalue weighted by atomic mass is 32.2. The summed E-state index contributed by atoms with van der Waals surface area (Å²) in [5.41, 5.74) is 4.59. The average Bonchev–Trinajstić information content (AvgIpc) is 2.92. The monoisotopic (exact) mass is 371 g/mol. The average molecular weight is 372 g/mol. The van der Waals surface area contributed by atoms with Gasteiger partial charge in [-0.1, -0.05) is 51.2 Å². The van der Waals surface area contributed by atoms with Crippen molar-refractivity contribution in [2.45, 2.75) is 64.8 Å². The molecule has 1 aliphatic carbocycles. The minimum atomic E-state index is -3.24. The number of nitrogens with one attached hydrogen (secondary N) is 2. The number of hydrazine groups is 1. The first-order valence-electron chi connectivity index (χ1n) is 9.97. The molecule has 2 N–H and O–H groups in total. The Balaban J connectivity index is 2.20. The molecule has 25 heavy (non-hydrogen) atoms. The number of nitrogens with zero attached hydrogens (tertiary/aromatic N) is 1. The van der Waals surface area contributed by atoms with Crippen LogP contribution in [0.5, 0.6) is 0 Å². The van der Waals surface area contributed by atoms with E-state index in [-0.39, 0.29) is 6.04 Å². The standard InChI is InChI=1S/C19H37N3O2S/c1-5-7-9-11-16-12-15(10-8-6-2)17-13-22(3)14-18(17)19(16)20-21-25(4,23)24/h12,15,17-21H,5-11,13-14H2,1-4H3/t15-,17-,18-,19+/m0/s1. The summed E-state index contributed by atoms with van der Waals surface area (Å²) in [5, 5.41) is 0. The molecular formula is C19H37N3O2S. The van der Waals surface area contributed by atoms with Gasteiger partial charge in [-0.2, -0.15) is 4.83 Å². The van der Waals surface area contributed by atoms with Crippen LogP contribution >= 0.6 is 0 Å². The zero-order chi connectivity index (χ0) is 18.4. The minimum Gasteiger partial charge on any atom is -0.306 e. The summed E-state index contributed by atoms with van der Waals surface area (Å²) in [6.45, 7) is 6.64. The number of likely N-dealkylation sites (tertiary alicyclic amines) is 1. The molecule has 1 fully saturated rings. The van der Waals surface area contributed by atoms with Gasteiger partial charge in [-0.05, 0) is 44.1 Å².